The van der Waals surface area contributed by atoms with E-state index in [-0.39, 0.29) is 5.84 Å². The summed E-state index contributed by atoms with van der Waals surface area (Å²) >= 11 is 12.0. The molecule has 0 spiro atoms. The minimum Gasteiger partial charge on any atom is -0.496 e. The number of carbonyl (C=O) groups excluding carboxylic acids is 1. The predicted molar refractivity (Wildman–Crippen MR) is 121 cm³/mol. The van der Waals surface area contributed by atoms with Gasteiger partial charge in [0.15, 0.2) is 5.84 Å². The molecule has 2 N–H and O–H groups in total. The lowest BCUT2D eigenvalue weighted by Gasteiger charge is -2.09. The van der Waals surface area contributed by atoms with Crippen LogP contribution in [0.2, 0.25) is 10.0 Å². The maximum Gasteiger partial charge on any atom is 0.365 e. The topological polar surface area (TPSA) is 83.1 Å². The van der Waals surface area contributed by atoms with Gasteiger partial charge in [0.05, 0.1) is 18.2 Å². The van der Waals surface area contributed by atoms with E-state index < -0.39 is 5.97 Å². The van der Waals surface area contributed by atoms with E-state index in [0.29, 0.717) is 39.3 Å². The number of nitrogens with two attached hydrogens (primary N) is 1. The summed E-state index contributed by atoms with van der Waals surface area (Å²) in [6.07, 6.45) is 0. The average molecular weight is 459 g/mol. The summed E-state index contributed by atoms with van der Waals surface area (Å²) < 4.78 is 11.0. The monoisotopic (exact) mass is 458 g/mol. The highest BCUT2D eigenvalue weighted by atomic mass is 35.5. The second-order valence-corrected chi connectivity index (χ2v) is 7.44. The highest BCUT2D eigenvalue weighted by Crippen LogP contribution is 2.23. The number of hydrogen-bond donors (Lipinski definition) is 1. The summed E-state index contributed by atoms with van der Waals surface area (Å²) in [4.78, 5) is 17.2. The first kappa shape index (κ1) is 22.5. The number of oxime groups is 1. The van der Waals surface area contributed by atoms with E-state index in [1.165, 1.54) is 7.11 Å². The van der Waals surface area contributed by atoms with Crippen molar-refractivity contribution in [2.45, 2.75) is 13.5 Å². The van der Waals surface area contributed by atoms with E-state index in [9.17, 15) is 4.79 Å². The zero-order chi connectivity index (χ0) is 22.4. The lowest BCUT2D eigenvalue weighted by Crippen LogP contribution is -2.16. The number of methoxy groups -OCH3 is 1. The van der Waals surface area contributed by atoms with E-state index in [0.717, 1.165) is 11.1 Å². The second kappa shape index (κ2) is 10.2. The van der Waals surface area contributed by atoms with Gasteiger partial charge in [-0.15, -0.1) is 0 Å². The maximum absolute atomic E-state index is 12.3. The Morgan fingerprint density at radius 2 is 1.77 bits per heavy atom. The fourth-order valence-electron chi connectivity index (χ4n) is 2.68. The fraction of sp³-hybridized carbons (Fsp3) is 0.130. The van der Waals surface area contributed by atoms with Gasteiger partial charge in [0.2, 0.25) is 0 Å². The molecule has 3 aromatic carbocycles. The molecule has 3 aromatic rings. The molecule has 3 rings (SSSR count). The van der Waals surface area contributed by atoms with E-state index >= 15 is 0 Å². The molecule has 6 nitrogen and oxygen atoms in total. The molecule has 0 aliphatic heterocycles. The van der Waals surface area contributed by atoms with E-state index in [1.54, 1.807) is 54.6 Å². The third-order valence-electron chi connectivity index (χ3n) is 4.39. The summed E-state index contributed by atoms with van der Waals surface area (Å²) in [5, 5.41) is 4.84. The van der Waals surface area contributed by atoms with E-state index in [1.807, 2.05) is 13.0 Å². The van der Waals surface area contributed by atoms with Gasteiger partial charge in [-0.05, 0) is 66.6 Å². The Labute approximate surface area is 190 Å². The first-order valence-electron chi connectivity index (χ1n) is 9.24. The van der Waals surface area contributed by atoms with Gasteiger partial charge in [-0.25, -0.2) is 4.79 Å². The fourth-order valence-corrected chi connectivity index (χ4v) is 2.97. The van der Waals surface area contributed by atoms with Crippen LogP contribution in [0.4, 0.5) is 0 Å². The second-order valence-electron chi connectivity index (χ2n) is 6.60. The van der Waals surface area contributed by atoms with E-state index in [2.05, 4.69) is 5.16 Å². The number of ether oxygens (including phenoxy) is 2. The molecule has 0 heterocycles. The number of amidine groups is 1. The molecule has 8 heteroatoms. The van der Waals surface area contributed by atoms with Crippen molar-refractivity contribution in [1.82, 2.24) is 0 Å². The Bertz CT molecular complexity index is 1120. The van der Waals surface area contributed by atoms with Crippen molar-refractivity contribution in [1.29, 1.82) is 0 Å². The minimum absolute atomic E-state index is 0.0315. The number of halogens is 2. The largest absolute Gasteiger partial charge is 0.496 e. The molecule has 0 saturated carbocycles. The van der Waals surface area contributed by atoms with Crippen molar-refractivity contribution >= 4 is 35.0 Å². The molecule has 0 bridgehead atoms. The Morgan fingerprint density at radius 3 is 2.45 bits per heavy atom. The maximum atomic E-state index is 12.3. The van der Waals surface area contributed by atoms with Crippen LogP contribution in [-0.4, -0.2) is 18.9 Å². The SMILES string of the molecule is COc1ccc(Cl)cc1/C(N)=N/OC(=O)c1ccc(COc2ccc(Cl)c(C)c2)cc1. The Hall–Kier alpha value is -3.22. The molecule has 0 amide bonds. The quantitative estimate of drug-likeness (QED) is 0.222. The highest BCUT2D eigenvalue weighted by molar-refractivity contribution is 6.31. The van der Waals surface area contributed by atoms with Crippen molar-refractivity contribution < 1.29 is 19.1 Å². The molecule has 160 valence electrons. The van der Waals surface area contributed by atoms with Gasteiger partial charge in [0.1, 0.15) is 18.1 Å². The molecule has 0 atom stereocenters. The van der Waals surface area contributed by atoms with Crippen molar-refractivity contribution in [2.75, 3.05) is 7.11 Å². The number of benzene rings is 3. The first-order valence-corrected chi connectivity index (χ1v) is 9.99. The van der Waals surface area contributed by atoms with Gasteiger partial charge < -0.3 is 20.0 Å². The summed E-state index contributed by atoms with van der Waals surface area (Å²) in [5.74, 6) is 0.495. The van der Waals surface area contributed by atoms with Gasteiger partial charge in [0.25, 0.3) is 0 Å². The third-order valence-corrected chi connectivity index (χ3v) is 5.05. The lowest BCUT2D eigenvalue weighted by molar-refractivity contribution is 0.0516. The summed E-state index contributed by atoms with van der Waals surface area (Å²) in [5.41, 5.74) is 8.48. The zero-order valence-corrected chi connectivity index (χ0v) is 18.4. The highest BCUT2D eigenvalue weighted by Gasteiger charge is 2.12. The van der Waals surface area contributed by atoms with Crippen LogP contribution < -0.4 is 15.2 Å². The smallest absolute Gasteiger partial charge is 0.365 e. The van der Waals surface area contributed by atoms with E-state index in [4.69, 9.17) is 43.2 Å². The number of rotatable bonds is 7. The Morgan fingerprint density at radius 1 is 1.03 bits per heavy atom. The van der Waals surface area contributed by atoms with Crippen LogP contribution in [0, 0.1) is 6.92 Å². The number of nitrogens with zero attached hydrogens (tertiary/aromatic N) is 1. The molecular weight excluding hydrogens is 439 g/mol. The standard InChI is InChI=1S/C23H20Cl2N2O4/c1-14-11-18(8-9-20(14)25)30-13-15-3-5-16(6-4-15)23(28)31-27-22(26)19-12-17(24)7-10-21(19)29-2/h3-12H,13H2,1-2H3,(H2,26,27). The van der Waals surface area contributed by atoms with Crippen LogP contribution in [0.1, 0.15) is 27.0 Å². The van der Waals surface area contributed by atoms with Crippen LogP contribution >= 0.6 is 23.2 Å². The van der Waals surface area contributed by atoms with Gasteiger partial charge >= 0.3 is 5.97 Å². The van der Waals surface area contributed by atoms with Crippen molar-refractivity contribution in [2.24, 2.45) is 10.9 Å². The Kier molecular flexibility index (Phi) is 7.39. The summed E-state index contributed by atoms with van der Waals surface area (Å²) in [6.45, 7) is 2.25. The normalized spacial score (nSPS) is 11.2. The van der Waals surface area contributed by atoms with Crippen LogP contribution in [0.3, 0.4) is 0 Å². The predicted octanol–water partition coefficient (Wildman–Crippen LogP) is 5.37. The van der Waals surface area contributed by atoms with Crippen molar-refractivity contribution in [3.8, 4) is 11.5 Å². The summed E-state index contributed by atoms with van der Waals surface area (Å²) in [7, 11) is 1.49. The third kappa shape index (κ3) is 5.90. The summed E-state index contributed by atoms with van der Waals surface area (Å²) in [6, 6.07) is 17.1. The van der Waals surface area contributed by atoms with Crippen LogP contribution in [-0.2, 0) is 11.4 Å². The molecule has 31 heavy (non-hydrogen) atoms. The minimum atomic E-state index is -0.648. The number of aryl methyl sites for hydroxylation is 1. The molecule has 0 radical (unpaired) electrons. The van der Waals surface area contributed by atoms with Gasteiger partial charge in [-0.3, -0.25) is 0 Å². The van der Waals surface area contributed by atoms with Crippen LogP contribution in [0.15, 0.2) is 65.8 Å². The molecule has 0 aliphatic carbocycles. The molecule has 0 aromatic heterocycles. The molecule has 0 unspecified atom stereocenters. The van der Waals surface area contributed by atoms with Crippen molar-refractivity contribution in [3.63, 3.8) is 0 Å². The molecule has 0 saturated heterocycles. The van der Waals surface area contributed by atoms with Gasteiger partial charge in [-0.2, -0.15) is 0 Å². The molecule has 0 fully saturated rings. The lowest BCUT2D eigenvalue weighted by atomic mass is 10.1. The van der Waals surface area contributed by atoms with Crippen molar-refractivity contribution in [3.05, 3.63) is 93.0 Å². The van der Waals surface area contributed by atoms with Crippen LogP contribution in [0.5, 0.6) is 11.5 Å². The van der Waals surface area contributed by atoms with Crippen LogP contribution in [0.25, 0.3) is 0 Å². The number of hydrogen-bond acceptors (Lipinski definition) is 5. The molecule has 0 aliphatic rings. The van der Waals surface area contributed by atoms with Gasteiger partial charge in [0, 0.05) is 10.0 Å². The molecular formula is C23H20Cl2N2O4. The number of carbonyl (C=O) groups is 1. The first-order chi connectivity index (χ1) is 14.9. The average Bonchev–Trinajstić information content (AvgIpc) is 2.78. The zero-order valence-electron chi connectivity index (χ0n) is 16.9. The Balaban J connectivity index is 1.61. The van der Waals surface area contributed by atoms with Gasteiger partial charge in [-0.1, -0.05) is 40.5 Å².